The molecule has 0 saturated carbocycles. The van der Waals surface area contributed by atoms with Crippen molar-refractivity contribution in [2.45, 2.75) is 19.3 Å². The van der Waals surface area contributed by atoms with Gasteiger partial charge in [0.1, 0.15) is 5.92 Å². The number of nitrogens with zero attached hydrogens (tertiary/aromatic N) is 1. The number of hydrogen-bond acceptors (Lipinski definition) is 2. The number of amides is 2. The SMILES string of the molecule is CC1=NC(=O)C(C(N)=O)C(c2ccccc2)C1. The first-order valence-electron chi connectivity index (χ1n) is 5.52. The number of carbonyl (C=O) groups is 2. The zero-order chi connectivity index (χ0) is 12.4. The Bertz CT molecular complexity index is 479. The molecule has 1 aromatic carbocycles. The number of rotatable bonds is 2. The minimum Gasteiger partial charge on any atom is -0.369 e. The van der Waals surface area contributed by atoms with Gasteiger partial charge < -0.3 is 5.73 Å². The molecule has 1 aromatic rings. The molecule has 1 aliphatic rings. The molecule has 2 N–H and O–H groups in total. The van der Waals surface area contributed by atoms with E-state index in [4.69, 9.17) is 5.73 Å². The van der Waals surface area contributed by atoms with Crippen molar-refractivity contribution in [3.8, 4) is 0 Å². The van der Waals surface area contributed by atoms with Gasteiger partial charge in [0.25, 0.3) is 5.91 Å². The fraction of sp³-hybridized carbons (Fsp3) is 0.308. The molecule has 4 heteroatoms. The molecule has 2 unspecified atom stereocenters. The Morgan fingerprint density at radius 3 is 2.59 bits per heavy atom. The van der Waals surface area contributed by atoms with Crippen molar-refractivity contribution in [3.05, 3.63) is 35.9 Å². The van der Waals surface area contributed by atoms with Crippen molar-refractivity contribution in [1.29, 1.82) is 0 Å². The Labute approximate surface area is 99.5 Å². The summed E-state index contributed by atoms with van der Waals surface area (Å²) >= 11 is 0. The van der Waals surface area contributed by atoms with Gasteiger partial charge in [-0.15, -0.1) is 0 Å². The molecule has 0 fully saturated rings. The van der Waals surface area contributed by atoms with Gasteiger partial charge in [0.2, 0.25) is 5.91 Å². The van der Waals surface area contributed by atoms with Crippen molar-refractivity contribution >= 4 is 17.5 Å². The predicted molar refractivity (Wildman–Crippen MR) is 64.6 cm³/mol. The zero-order valence-corrected chi connectivity index (χ0v) is 9.59. The third kappa shape index (κ3) is 2.25. The lowest BCUT2D eigenvalue weighted by Gasteiger charge is -2.26. The van der Waals surface area contributed by atoms with Crippen LogP contribution in [0.5, 0.6) is 0 Å². The first kappa shape index (κ1) is 11.5. The van der Waals surface area contributed by atoms with E-state index < -0.39 is 17.7 Å². The molecule has 0 aliphatic carbocycles. The van der Waals surface area contributed by atoms with Gasteiger partial charge in [-0.2, -0.15) is 0 Å². The molecule has 0 saturated heterocycles. The molecule has 2 amide bonds. The number of primary amides is 1. The number of benzene rings is 1. The summed E-state index contributed by atoms with van der Waals surface area (Å²) in [6, 6.07) is 9.49. The molecule has 4 nitrogen and oxygen atoms in total. The van der Waals surface area contributed by atoms with Gasteiger partial charge in [-0.05, 0) is 18.9 Å². The van der Waals surface area contributed by atoms with E-state index in [2.05, 4.69) is 4.99 Å². The molecule has 88 valence electrons. The van der Waals surface area contributed by atoms with Crippen LogP contribution in [0, 0.1) is 5.92 Å². The van der Waals surface area contributed by atoms with Crippen molar-refractivity contribution in [1.82, 2.24) is 0 Å². The molecule has 1 heterocycles. The van der Waals surface area contributed by atoms with Crippen LogP contribution < -0.4 is 5.73 Å². The summed E-state index contributed by atoms with van der Waals surface area (Å²) in [6.45, 7) is 1.80. The van der Waals surface area contributed by atoms with Crippen LogP contribution in [-0.4, -0.2) is 17.5 Å². The monoisotopic (exact) mass is 230 g/mol. The van der Waals surface area contributed by atoms with Crippen LogP contribution in [0.1, 0.15) is 24.8 Å². The molecule has 0 bridgehead atoms. The third-order valence-corrected chi connectivity index (χ3v) is 3.02. The molecular formula is C13H14N2O2. The van der Waals surface area contributed by atoms with Crippen LogP contribution in [0.3, 0.4) is 0 Å². The fourth-order valence-corrected chi connectivity index (χ4v) is 2.24. The lowest BCUT2D eigenvalue weighted by molar-refractivity contribution is -0.132. The highest BCUT2D eigenvalue weighted by Gasteiger charge is 2.37. The van der Waals surface area contributed by atoms with Gasteiger partial charge in [0.05, 0.1) is 0 Å². The normalized spacial score (nSPS) is 24.3. The van der Waals surface area contributed by atoms with Crippen molar-refractivity contribution in [3.63, 3.8) is 0 Å². The number of nitrogens with two attached hydrogens (primary N) is 1. The summed E-state index contributed by atoms with van der Waals surface area (Å²) in [5.41, 5.74) is 7.01. The average molecular weight is 230 g/mol. The maximum absolute atomic E-state index is 11.7. The summed E-state index contributed by atoms with van der Waals surface area (Å²) in [5.74, 6) is -2.03. The zero-order valence-electron chi connectivity index (χ0n) is 9.59. The first-order chi connectivity index (χ1) is 8.09. The molecule has 2 atom stereocenters. The second-order valence-corrected chi connectivity index (χ2v) is 4.29. The summed E-state index contributed by atoms with van der Waals surface area (Å²) < 4.78 is 0. The van der Waals surface area contributed by atoms with Gasteiger partial charge in [0, 0.05) is 11.6 Å². The van der Waals surface area contributed by atoms with Gasteiger partial charge >= 0.3 is 0 Å². The maximum atomic E-state index is 11.7. The molecule has 0 radical (unpaired) electrons. The molecular weight excluding hydrogens is 216 g/mol. The van der Waals surface area contributed by atoms with Crippen molar-refractivity contribution in [2.75, 3.05) is 0 Å². The van der Waals surface area contributed by atoms with E-state index in [1.807, 2.05) is 30.3 Å². The lowest BCUT2D eigenvalue weighted by atomic mass is 9.79. The average Bonchev–Trinajstić information content (AvgIpc) is 2.28. The topological polar surface area (TPSA) is 72.5 Å². The van der Waals surface area contributed by atoms with Crippen LogP contribution in [0.2, 0.25) is 0 Å². The highest BCUT2D eigenvalue weighted by Crippen LogP contribution is 2.32. The van der Waals surface area contributed by atoms with E-state index in [-0.39, 0.29) is 5.92 Å². The minimum absolute atomic E-state index is 0.182. The summed E-state index contributed by atoms with van der Waals surface area (Å²) in [6.07, 6.45) is 0.601. The first-order valence-corrected chi connectivity index (χ1v) is 5.52. The van der Waals surface area contributed by atoms with Crippen molar-refractivity contribution in [2.24, 2.45) is 16.6 Å². The van der Waals surface area contributed by atoms with E-state index >= 15 is 0 Å². The predicted octanol–water partition coefficient (Wildman–Crippen LogP) is 1.26. The molecule has 17 heavy (non-hydrogen) atoms. The molecule has 2 rings (SSSR count). The van der Waals surface area contributed by atoms with E-state index in [9.17, 15) is 9.59 Å². The van der Waals surface area contributed by atoms with Crippen LogP contribution in [0.15, 0.2) is 35.3 Å². The smallest absolute Gasteiger partial charge is 0.258 e. The number of carbonyl (C=O) groups excluding carboxylic acids is 2. The van der Waals surface area contributed by atoms with E-state index in [0.29, 0.717) is 6.42 Å². The van der Waals surface area contributed by atoms with E-state index in [1.165, 1.54) is 0 Å². The highest BCUT2D eigenvalue weighted by molar-refractivity contribution is 6.08. The number of hydrogen-bond donors (Lipinski definition) is 1. The fourth-order valence-electron chi connectivity index (χ4n) is 2.24. The summed E-state index contributed by atoms with van der Waals surface area (Å²) in [4.78, 5) is 27.0. The lowest BCUT2D eigenvalue weighted by Crippen LogP contribution is -2.38. The Balaban J connectivity index is 2.41. The molecule has 0 spiro atoms. The van der Waals surface area contributed by atoms with Crippen molar-refractivity contribution < 1.29 is 9.59 Å². The van der Waals surface area contributed by atoms with Crippen LogP contribution in [0.4, 0.5) is 0 Å². The third-order valence-electron chi connectivity index (χ3n) is 3.02. The van der Waals surface area contributed by atoms with Gasteiger partial charge in [-0.1, -0.05) is 30.3 Å². The quantitative estimate of drug-likeness (QED) is 0.777. The minimum atomic E-state index is -0.832. The maximum Gasteiger partial charge on any atom is 0.258 e. The Morgan fingerprint density at radius 1 is 1.35 bits per heavy atom. The van der Waals surface area contributed by atoms with Gasteiger partial charge in [-0.25, -0.2) is 4.99 Å². The Kier molecular flexibility index (Phi) is 3.04. The van der Waals surface area contributed by atoms with Crippen LogP contribution in [-0.2, 0) is 9.59 Å². The Morgan fingerprint density at radius 2 is 2.00 bits per heavy atom. The van der Waals surface area contributed by atoms with E-state index in [0.717, 1.165) is 11.3 Å². The second kappa shape index (κ2) is 4.49. The summed E-state index contributed by atoms with van der Waals surface area (Å²) in [7, 11) is 0. The van der Waals surface area contributed by atoms with Gasteiger partial charge in [0.15, 0.2) is 0 Å². The largest absolute Gasteiger partial charge is 0.369 e. The van der Waals surface area contributed by atoms with Gasteiger partial charge in [-0.3, -0.25) is 9.59 Å². The summed E-state index contributed by atoms with van der Waals surface area (Å²) in [5, 5.41) is 0. The standard InChI is InChI=1S/C13H14N2O2/c1-8-7-10(9-5-3-2-4-6-9)11(12(14)16)13(17)15-8/h2-6,10-11H,7H2,1H3,(H2,14,16). The van der Waals surface area contributed by atoms with E-state index in [1.54, 1.807) is 6.92 Å². The second-order valence-electron chi connectivity index (χ2n) is 4.29. The molecule has 0 aromatic heterocycles. The number of aliphatic imine (C=N–C) groups is 1. The van der Waals surface area contributed by atoms with Crippen LogP contribution >= 0.6 is 0 Å². The highest BCUT2D eigenvalue weighted by atomic mass is 16.2. The Hall–Kier alpha value is -1.97. The van der Waals surface area contributed by atoms with Crippen LogP contribution in [0.25, 0.3) is 0 Å². The molecule has 1 aliphatic heterocycles.